The van der Waals surface area contributed by atoms with Crippen LogP contribution in [-0.4, -0.2) is 9.67 Å². The van der Waals surface area contributed by atoms with E-state index in [0.29, 0.717) is 11.3 Å². The molecule has 0 aliphatic rings. The lowest BCUT2D eigenvalue weighted by Crippen LogP contribution is -2.21. The molecular weight excluding hydrogens is 328 g/mol. The summed E-state index contributed by atoms with van der Waals surface area (Å²) < 4.78 is 1.05. The van der Waals surface area contributed by atoms with Crippen LogP contribution in [0, 0.1) is 18.3 Å². The summed E-state index contributed by atoms with van der Waals surface area (Å²) in [5, 5.41) is 29.7. The Morgan fingerprint density at radius 1 is 1.23 bits per heavy atom. The molecule has 26 heavy (non-hydrogen) atoms. The smallest absolute Gasteiger partial charge is 0.281 e. The van der Waals surface area contributed by atoms with Crippen molar-refractivity contribution in [2.75, 3.05) is 0 Å². The van der Waals surface area contributed by atoms with Crippen molar-refractivity contribution in [1.29, 1.82) is 5.26 Å². The number of rotatable bonds is 4. The molecule has 0 saturated carbocycles. The Kier molecular flexibility index (Phi) is 4.63. The number of azo groups is 1. The van der Waals surface area contributed by atoms with E-state index in [-0.39, 0.29) is 23.7 Å². The van der Waals surface area contributed by atoms with E-state index >= 15 is 0 Å². The zero-order valence-corrected chi connectivity index (χ0v) is 14.2. The van der Waals surface area contributed by atoms with Gasteiger partial charge in [0.15, 0.2) is 5.69 Å². The van der Waals surface area contributed by atoms with Gasteiger partial charge in [0.2, 0.25) is 5.88 Å². The first-order valence-electron chi connectivity index (χ1n) is 7.94. The van der Waals surface area contributed by atoms with Gasteiger partial charge in [-0.2, -0.15) is 10.4 Å². The molecule has 3 rings (SSSR count). The maximum absolute atomic E-state index is 12.6. The van der Waals surface area contributed by atoms with Gasteiger partial charge in [-0.1, -0.05) is 36.4 Å². The third-order valence-electron chi connectivity index (χ3n) is 4.08. The molecule has 3 aromatic rings. The van der Waals surface area contributed by atoms with E-state index < -0.39 is 5.56 Å². The van der Waals surface area contributed by atoms with Crippen LogP contribution in [0.4, 0.5) is 11.4 Å². The summed E-state index contributed by atoms with van der Waals surface area (Å²) in [5.74, 6) is -0.389. The fourth-order valence-electron chi connectivity index (χ4n) is 2.70. The molecule has 0 amide bonds. The van der Waals surface area contributed by atoms with Crippen LogP contribution in [0.1, 0.15) is 11.1 Å². The summed E-state index contributed by atoms with van der Waals surface area (Å²) in [6.07, 6.45) is 1.46. The van der Waals surface area contributed by atoms with Crippen molar-refractivity contribution in [3.63, 3.8) is 0 Å². The number of fused-ring (bicyclic) bond motifs is 1. The fraction of sp³-hybridized carbons (Fsp3) is 0.100. The zero-order chi connectivity index (χ0) is 18.7. The molecule has 2 aromatic carbocycles. The first-order chi connectivity index (χ1) is 12.6. The van der Waals surface area contributed by atoms with Gasteiger partial charge >= 0.3 is 0 Å². The van der Waals surface area contributed by atoms with E-state index in [0.717, 1.165) is 15.3 Å². The number of aromatic hydroxyl groups is 1. The number of nitriles is 1. The number of aromatic nitrogens is 1. The number of nitrogens with zero attached hydrogens (tertiary/aromatic N) is 4. The fourth-order valence-corrected chi connectivity index (χ4v) is 2.70. The summed E-state index contributed by atoms with van der Waals surface area (Å²) >= 11 is 0. The lowest BCUT2D eigenvalue weighted by Gasteiger charge is -2.11. The van der Waals surface area contributed by atoms with Crippen LogP contribution in [0.25, 0.3) is 10.8 Å². The second-order valence-corrected chi connectivity index (χ2v) is 5.72. The molecule has 128 valence electrons. The predicted octanol–water partition coefficient (Wildman–Crippen LogP) is 4.49. The Morgan fingerprint density at radius 2 is 1.96 bits per heavy atom. The Hall–Kier alpha value is -3.72. The number of allylic oxidation sites excluding steroid dienone is 1. The molecule has 6 nitrogen and oxygen atoms in total. The van der Waals surface area contributed by atoms with Gasteiger partial charge in [-0.25, -0.2) is 0 Å². The molecule has 0 radical (unpaired) electrons. The van der Waals surface area contributed by atoms with Crippen LogP contribution >= 0.6 is 0 Å². The first-order valence-corrected chi connectivity index (χ1v) is 7.94. The van der Waals surface area contributed by atoms with Crippen LogP contribution in [0.3, 0.4) is 0 Å². The molecule has 0 saturated heterocycles. The standard InChI is InChI=1S/C20H16N4O2/c1-3-10-24-19(25)17(12-21)13(2)18(20(24)26)23-22-16-9-8-14-6-4-5-7-15(14)11-16/h3-9,11,25H,1,10H2,2H3. The maximum atomic E-state index is 12.6. The van der Waals surface area contributed by atoms with Crippen LogP contribution in [-0.2, 0) is 6.54 Å². The van der Waals surface area contributed by atoms with Gasteiger partial charge < -0.3 is 5.11 Å². The topological polar surface area (TPSA) is 90.7 Å². The zero-order valence-electron chi connectivity index (χ0n) is 14.2. The number of benzene rings is 2. The lowest BCUT2D eigenvalue weighted by atomic mass is 10.1. The van der Waals surface area contributed by atoms with Crippen molar-refractivity contribution in [3.8, 4) is 11.9 Å². The molecular formula is C20H16N4O2. The third kappa shape index (κ3) is 2.98. The molecule has 0 aliphatic carbocycles. The summed E-state index contributed by atoms with van der Waals surface area (Å²) in [6.45, 7) is 5.19. The lowest BCUT2D eigenvalue weighted by molar-refractivity contribution is 0.414. The van der Waals surface area contributed by atoms with E-state index in [9.17, 15) is 15.2 Å². The highest BCUT2D eigenvalue weighted by Gasteiger charge is 2.18. The van der Waals surface area contributed by atoms with Gasteiger partial charge in [-0.15, -0.1) is 11.7 Å². The van der Waals surface area contributed by atoms with Crippen LogP contribution in [0.5, 0.6) is 5.88 Å². The van der Waals surface area contributed by atoms with Gasteiger partial charge in [0.25, 0.3) is 5.56 Å². The van der Waals surface area contributed by atoms with Crippen molar-refractivity contribution < 1.29 is 5.11 Å². The molecule has 0 spiro atoms. The highest BCUT2D eigenvalue weighted by atomic mass is 16.3. The predicted molar refractivity (Wildman–Crippen MR) is 100 cm³/mol. The maximum Gasteiger partial charge on any atom is 0.281 e. The van der Waals surface area contributed by atoms with Gasteiger partial charge in [0, 0.05) is 12.1 Å². The van der Waals surface area contributed by atoms with Crippen molar-refractivity contribution in [1.82, 2.24) is 4.57 Å². The van der Waals surface area contributed by atoms with Gasteiger partial charge in [-0.3, -0.25) is 9.36 Å². The van der Waals surface area contributed by atoms with Crippen molar-refractivity contribution in [2.45, 2.75) is 13.5 Å². The Balaban J connectivity index is 2.12. The quantitative estimate of drug-likeness (QED) is 0.558. The van der Waals surface area contributed by atoms with E-state index in [1.165, 1.54) is 6.08 Å². The average Bonchev–Trinajstić information content (AvgIpc) is 2.65. The van der Waals surface area contributed by atoms with Gasteiger partial charge in [0.1, 0.15) is 11.6 Å². The van der Waals surface area contributed by atoms with Gasteiger partial charge in [0.05, 0.1) is 5.69 Å². The van der Waals surface area contributed by atoms with Crippen molar-refractivity contribution in [3.05, 3.63) is 76.6 Å². The molecule has 1 heterocycles. The molecule has 0 fully saturated rings. The van der Waals surface area contributed by atoms with E-state index in [2.05, 4.69) is 16.8 Å². The van der Waals surface area contributed by atoms with E-state index in [4.69, 9.17) is 0 Å². The third-order valence-corrected chi connectivity index (χ3v) is 4.08. The Labute approximate surface area is 150 Å². The highest BCUT2D eigenvalue weighted by molar-refractivity contribution is 5.85. The number of hydrogen-bond acceptors (Lipinski definition) is 5. The molecule has 1 aromatic heterocycles. The molecule has 0 aliphatic heterocycles. The molecule has 0 unspecified atom stereocenters. The van der Waals surface area contributed by atoms with E-state index in [1.54, 1.807) is 13.0 Å². The number of hydrogen-bond donors (Lipinski definition) is 1. The van der Waals surface area contributed by atoms with Crippen LogP contribution in [0.2, 0.25) is 0 Å². The Morgan fingerprint density at radius 3 is 2.65 bits per heavy atom. The van der Waals surface area contributed by atoms with Crippen molar-refractivity contribution >= 4 is 22.1 Å². The summed E-state index contributed by atoms with van der Waals surface area (Å²) in [5.41, 5.74) is 0.376. The largest absolute Gasteiger partial charge is 0.493 e. The van der Waals surface area contributed by atoms with Crippen LogP contribution in [0.15, 0.2) is 70.1 Å². The molecule has 0 atom stereocenters. The second kappa shape index (κ2) is 7.03. The minimum absolute atomic E-state index is 0.00101. The minimum atomic E-state index is -0.525. The summed E-state index contributed by atoms with van der Waals surface area (Å²) in [6, 6.07) is 15.3. The van der Waals surface area contributed by atoms with E-state index in [1.807, 2.05) is 42.5 Å². The summed E-state index contributed by atoms with van der Waals surface area (Å²) in [7, 11) is 0. The molecule has 0 bridgehead atoms. The summed E-state index contributed by atoms with van der Waals surface area (Å²) in [4.78, 5) is 12.6. The van der Waals surface area contributed by atoms with Crippen LogP contribution < -0.4 is 5.56 Å². The highest BCUT2D eigenvalue weighted by Crippen LogP contribution is 2.27. The number of pyridine rings is 1. The Bertz CT molecular complexity index is 1140. The monoisotopic (exact) mass is 344 g/mol. The molecule has 1 N–H and O–H groups in total. The second-order valence-electron chi connectivity index (χ2n) is 5.72. The first kappa shape index (κ1) is 17.1. The normalized spacial score (nSPS) is 10.9. The van der Waals surface area contributed by atoms with Gasteiger partial charge in [-0.05, 0) is 29.8 Å². The molecule has 6 heteroatoms. The average molecular weight is 344 g/mol. The minimum Gasteiger partial charge on any atom is -0.493 e. The van der Waals surface area contributed by atoms with Crippen molar-refractivity contribution in [2.24, 2.45) is 10.2 Å². The SMILES string of the molecule is C=CCn1c(O)c(C#N)c(C)c(N=Nc2ccc3ccccc3c2)c1=O.